The average Bonchev–Trinajstić information content (AvgIpc) is 2.36. The summed E-state index contributed by atoms with van der Waals surface area (Å²) in [6.45, 7) is 14.4. The van der Waals surface area contributed by atoms with Crippen molar-refractivity contribution >= 4 is 0 Å². The molecule has 0 aliphatic heterocycles. The van der Waals surface area contributed by atoms with Crippen LogP contribution >= 0.6 is 0 Å². The molecular weight excluding hydrogens is 232 g/mol. The van der Waals surface area contributed by atoms with Gasteiger partial charge in [-0.1, -0.05) is 45.0 Å². The zero-order valence-corrected chi connectivity index (χ0v) is 13.2. The van der Waals surface area contributed by atoms with E-state index in [1.165, 1.54) is 11.1 Å². The van der Waals surface area contributed by atoms with Gasteiger partial charge in [-0.25, -0.2) is 0 Å². The van der Waals surface area contributed by atoms with Crippen molar-refractivity contribution in [3.8, 4) is 0 Å². The van der Waals surface area contributed by atoms with E-state index < -0.39 is 0 Å². The van der Waals surface area contributed by atoms with Gasteiger partial charge in [0.25, 0.3) is 0 Å². The first-order valence-corrected chi connectivity index (χ1v) is 7.58. The topological polar surface area (TPSA) is 15.3 Å². The molecule has 0 aliphatic carbocycles. The van der Waals surface area contributed by atoms with Gasteiger partial charge in [0.05, 0.1) is 0 Å². The van der Waals surface area contributed by atoms with E-state index in [1.807, 2.05) is 0 Å². The Hall–Kier alpha value is -0.860. The van der Waals surface area contributed by atoms with Crippen LogP contribution in [-0.2, 0) is 13.0 Å². The van der Waals surface area contributed by atoms with Crippen LogP contribution in [0.1, 0.15) is 45.7 Å². The number of hydrogen-bond acceptors (Lipinski definition) is 2. The van der Waals surface area contributed by atoms with Gasteiger partial charge in [-0.15, -0.1) is 0 Å². The van der Waals surface area contributed by atoms with Gasteiger partial charge in [-0.05, 0) is 44.5 Å². The van der Waals surface area contributed by atoms with Crippen LogP contribution in [-0.4, -0.2) is 30.1 Å². The van der Waals surface area contributed by atoms with E-state index in [0.29, 0.717) is 12.1 Å². The predicted molar refractivity (Wildman–Crippen MR) is 84.5 cm³/mol. The molecule has 0 saturated heterocycles. The molecule has 0 radical (unpaired) electrons. The Morgan fingerprint density at radius 2 is 1.68 bits per heavy atom. The monoisotopic (exact) mass is 262 g/mol. The molecule has 0 unspecified atom stereocenters. The van der Waals surface area contributed by atoms with Gasteiger partial charge >= 0.3 is 0 Å². The number of nitrogens with zero attached hydrogens (tertiary/aromatic N) is 1. The van der Waals surface area contributed by atoms with E-state index in [4.69, 9.17) is 0 Å². The van der Waals surface area contributed by atoms with Crippen LogP contribution in [0.15, 0.2) is 24.3 Å². The third-order valence-corrected chi connectivity index (χ3v) is 3.58. The molecule has 19 heavy (non-hydrogen) atoms. The molecule has 1 aromatic carbocycles. The summed E-state index contributed by atoms with van der Waals surface area (Å²) in [5.74, 6) is 0. The second-order valence-electron chi connectivity index (χ2n) is 5.78. The second-order valence-corrected chi connectivity index (χ2v) is 5.78. The molecule has 2 heteroatoms. The molecule has 0 saturated carbocycles. The highest BCUT2D eigenvalue weighted by molar-refractivity contribution is 5.27. The normalized spacial score (nSPS) is 11.8. The van der Waals surface area contributed by atoms with Gasteiger partial charge in [0.2, 0.25) is 0 Å². The maximum absolute atomic E-state index is 3.50. The number of hydrogen-bond donors (Lipinski definition) is 1. The fourth-order valence-corrected chi connectivity index (χ4v) is 2.33. The van der Waals surface area contributed by atoms with Crippen molar-refractivity contribution in [1.29, 1.82) is 0 Å². The first-order valence-electron chi connectivity index (χ1n) is 7.58. The van der Waals surface area contributed by atoms with Crippen LogP contribution in [0.25, 0.3) is 0 Å². The smallest absolute Gasteiger partial charge is 0.0239 e. The van der Waals surface area contributed by atoms with Crippen LogP contribution in [0.2, 0.25) is 0 Å². The Morgan fingerprint density at radius 3 is 2.21 bits per heavy atom. The summed E-state index contributed by atoms with van der Waals surface area (Å²) in [7, 11) is 0. The molecule has 0 spiro atoms. The molecule has 0 fully saturated rings. The first-order chi connectivity index (χ1) is 9.04. The molecule has 1 rings (SSSR count). The van der Waals surface area contributed by atoms with Gasteiger partial charge in [0, 0.05) is 18.6 Å². The summed E-state index contributed by atoms with van der Waals surface area (Å²) >= 11 is 0. The lowest BCUT2D eigenvalue weighted by molar-refractivity contribution is 0.224. The van der Waals surface area contributed by atoms with Gasteiger partial charge in [-0.3, -0.25) is 4.90 Å². The molecular formula is C17H30N2. The van der Waals surface area contributed by atoms with Crippen molar-refractivity contribution in [2.75, 3.05) is 13.1 Å². The lowest BCUT2D eigenvalue weighted by Crippen LogP contribution is -2.30. The Bertz CT molecular complexity index is 358. The van der Waals surface area contributed by atoms with Crippen LogP contribution in [0.5, 0.6) is 0 Å². The first kappa shape index (κ1) is 16.2. The highest BCUT2D eigenvalue weighted by Crippen LogP contribution is 2.14. The van der Waals surface area contributed by atoms with E-state index >= 15 is 0 Å². The van der Waals surface area contributed by atoms with Crippen LogP contribution in [0, 0.1) is 0 Å². The van der Waals surface area contributed by atoms with Crippen molar-refractivity contribution in [2.24, 2.45) is 0 Å². The zero-order valence-electron chi connectivity index (χ0n) is 13.2. The van der Waals surface area contributed by atoms with E-state index in [-0.39, 0.29) is 0 Å². The minimum absolute atomic E-state index is 0.565. The zero-order chi connectivity index (χ0) is 14.3. The highest BCUT2D eigenvalue weighted by Gasteiger charge is 2.10. The summed E-state index contributed by atoms with van der Waals surface area (Å²) in [6.07, 6.45) is 1.12. The Morgan fingerprint density at radius 1 is 1.05 bits per heavy atom. The number of rotatable bonds is 8. The quantitative estimate of drug-likeness (QED) is 0.772. The summed E-state index contributed by atoms with van der Waals surface area (Å²) < 4.78 is 0. The third-order valence-electron chi connectivity index (χ3n) is 3.58. The van der Waals surface area contributed by atoms with E-state index in [1.54, 1.807) is 0 Å². The van der Waals surface area contributed by atoms with E-state index in [0.717, 1.165) is 26.1 Å². The van der Waals surface area contributed by atoms with E-state index in [9.17, 15) is 0 Å². The molecule has 0 heterocycles. The number of benzene rings is 1. The molecule has 2 nitrogen and oxygen atoms in total. The van der Waals surface area contributed by atoms with Crippen molar-refractivity contribution in [2.45, 2.75) is 59.7 Å². The molecule has 1 N–H and O–H groups in total. The molecule has 0 amide bonds. The summed E-state index contributed by atoms with van der Waals surface area (Å²) in [6, 6.07) is 10.0. The SMILES string of the molecule is CCN(Cc1ccccc1CCNC(C)C)C(C)C. The summed E-state index contributed by atoms with van der Waals surface area (Å²) in [5, 5.41) is 3.50. The maximum atomic E-state index is 3.50. The summed E-state index contributed by atoms with van der Waals surface area (Å²) in [4.78, 5) is 2.51. The Kier molecular flexibility index (Phi) is 7.11. The minimum atomic E-state index is 0.565. The standard InChI is InChI=1S/C17H30N2/c1-6-19(15(4)5)13-17-10-8-7-9-16(17)11-12-18-14(2)3/h7-10,14-15,18H,6,11-13H2,1-5H3. The lowest BCUT2D eigenvalue weighted by Gasteiger charge is -2.26. The van der Waals surface area contributed by atoms with Crippen LogP contribution < -0.4 is 5.32 Å². The van der Waals surface area contributed by atoms with E-state index in [2.05, 4.69) is 69.1 Å². The molecule has 0 aromatic heterocycles. The van der Waals surface area contributed by atoms with Crippen LogP contribution in [0.4, 0.5) is 0 Å². The van der Waals surface area contributed by atoms with Crippen molar-refractivity contribution in [1.82, 2.24) is 10.2 Å². The Labute approximate surface area is 119 Å². The van der Waals surface area contributed by atoms with Crippen molar-refractivity contribution < 1.29 is 0 Å². The largest absolute Gasteiger partial charge is 0.314 e. The maximum Gasteiger partial charge on any atom is 0.0239 e. The fourth-order valence-electron chi connectivity index (χ4n) is 2.33. The van der Waals surface area contributed by atoms with Crippen molar-refractivity contribution in [3.63, 3.8) is 0 Å². The molecule has 0 aliphatic rings. The molecule has 108 valence electrons. The van der Waals surface area contributed by atoms with Crippen molar-refractivity contribution in [3.05, 3.63) is 35.4 Å². The van der Waals surface area contributed by atoms with Crippen LogP contribution in [0.3, 0.4) is 0 Å². The van der Waals surface area contributed by atoms with Gasteiger partial charge in [0.15, 0.2) is 0 Å². The third kappa shape index (κ3) is 5.75. The predicted octanol–water partition coefficient (Wildman–Crippen LogP) is 3.46. The average molecular weight is 262 g/mol. The van der Waals surface area contributed by atoms with Gasteiger partial charge < -0.3 is 5.32 Å². The molecule has 1 aromatic rings. The number of nitrogens with one attached hydrogen (secondary N) is 1. The molecule has 0 bridgehead atoms. The molecule has 0 atom stereocenters. The Balaban J connectivity index is 2.66. The fraction of sp³-hybridized carbons (Fsp3) is 0.647. The summed E-state index contributed by atoms with van der Waals surface area (Å²) in [5.41, 5.74) is 2.96. The minimum Gasteiger partial charge on any atom is -0.314 e. The van der Waals surface area contributed by atoms with Gasteiger partial charge in [0.1, 0.15) is 0 Å². The second kappa shape index (κ2) is 8.34. The lowest BCUT2D eigenvalue weighted by atomic mass is 10.0. The highest BCUT2D eigenvalue weighted by atomic mass is 15.1. The van der Waals surface area contributed by atoms with Gasteiger partial charge in [-0.2, -0.15) is 0 Å².